The normalized spacial score (nSPS) is 12.2. The summed E-state index contributed by atoms with van der Waals surface area (Å²) in [4.78, 5) is 39.9. The zero-order valence-electron chi connectivity index (χ0n) is 17.8. The predicted molar refractivity (Wildman–Crippen MR) is 132 cm³/mol. The first-order valence-corrected chi connectivity index (χ1v) is 12.3. The number of benzene rings is 1. The van der Waals surface area contributed by atoms with E-state index >= 15 is 0 Å². The zero-order chi connectivity index (χ0) is 22.8. The molecule has 2 N–H and O–H groups in total. The Bertz CT molecular complexity index is 1450. The second-order valence-corrected chi connectivity index (χ2v) is 9.37. The quantitative estimate of drug-likeness (QED) is 0.352. The molecule has 0 bridgehead atoms. The van der Waals surface area contributed by atoms with Crippen molar-refractivity contribution in [3.05, 3.63) is 81.9 Å². The molecule has 9 heteroatoms. The number of aromatic amines is 1. The minimum Gasteiger partial charge on any atom is -0.345 e. The maximum Gasteiger partial charge on any atom is 0.263 e. The molecule has 0 aliphatic heterocycles. The number of fused-ring (bicyclic) bond motifs is 1. The first kappa shape index (κ1) is 21.3. The van der Waals surface area contributed by atoms with Gasteiger partial charge in [0.25, 0.3) is 5.56 Å². The first-order valence-electron chi connectivity index (χ1n) is 10.5. The van der Waals surface area contributed by atoms with Gasteiger partial charge in [-0.1, -0.05) is 43.3 Å². The third-order valence-corrected chi connectivity index (χ3v) is 7.20. The zero-order valence-corrected chi connectivity index (χ0v) is 19.5. The predicted octanol–water partition coefficient (Wildman–Crippen LogP) is 4.84. The number of amides is 1. The van der Waals surface area contributed by atoms with Crippen molar-refractivity contribution >= 4 is 38.8 Å². The Morgan fingerprint density at radius 2 is 2.00 bits per heavy atom. The number of aromatic nitrogens is 4. The summed E-state index contributed by atoms with van der Waals surface area (Å²) in [6.07, 6.45) is 3.87. The van der Waals surface area contributed by atoms with Crippen molar-refractivity contribution in [3.8, 4) is 21.7 Å². The summed E-state index contributed by atoms with van der Waals surface area (Å²) in [5, 5.41) is 7.47. The molecular formula is C24H21N5O2S2. The maximum atomic E-state index is 13.2. The van der Waals surface area contributed by atoms with Crippen LogP contribution in [0.15, 0.2) is 70.5 Å². The lowest BCUT2D eigenvalue weighted by atomic mass is 10.2. The van der Waals surface area contributed by atoms with Gasteiger partial charge in [-0.05, 0) is 23.4 Å². The monoisotopic (exact) mass is 475 g/mol. The van der Waals surface area contributed by atoms with Crippen LogP contribution < -0.4 is 10.9 Å². The fourth-order valence-electron chi connectivity index (χ4n) is 3.73. The molecule has 33 heavy (non-hydrogen) atoms. The average molecular weight is 476 g/mol. The lowest BCUT2D eigenvalue weighted by Crippen LogP contribution is -2.35. The molecule has 0 fully saturated rings. The molecule has 7 nitrogen and oxygen atoms in total. The van der Waals surface area contributed by atoms with Gasteiger partial charge < -0.3 is 10.3 Å². The van der Waals surface area contributed by atoms with Gasteiger partial charge in [0.15, 0.2) is 0 Å². The van der Waals surface area contributed by atoms with Gasteiger partial charge >= 0.3 is 0 Å². The molecule has 0 aliphatic rings. The highest BCUT2D eigenvalue weighted by molar-refractivity contribution is 7.18. The van der Waals surface area contributed by atoms with Crippen molar-refractivity contribution in [3.63, 3.8) is 0 Å². The summed E-state index contributed by atoms with van der Waals surface area (Å²) in [7, 11) is 0. The molecular weight excluding hydrogens is 454 g/mol. The molecule has 1 atom stereocenters. The van der Waals surface area contributed by atoms with Gasteiger partial charge in [0.05, 0.1) is 29.6 Å². The van der Waals surface area contributed by atoms with Crippen molar-refractivity contribution in [2.75, 3.05) is 0 Å². The Morgan fingerprint density at radius 3 is 2.76 bits per heavy atom. The summed E-state index contributed by atoms with van der Waals surface area (Å²) in [6, 6.07) is 13.5. The standard InChI is InChI=1S/C24H21N5O2S2/c1-2-17(22-25-11-18(28-22)15-7-4-3-5-8-15)27-20(30)12-29-14-26-23-21(24(29)31)16(13-33-23)19-9-6-10-32-19/h3-11,13-14,17H,2,12H2,1H3,(H,25,28)(H,27,30). The highest BCUT2D eigenvalue weighted by atomic mass is 32.1. The highest BCUT2D eigenvalue weighted by Crippen LogP contribution is 2.33. The first-order chi connectivity index (χ1) is 16.1. The SMILES string of the molecule is CCC(NC(=O)Cn1cnc2scc(-c3cccs3)c2c1=O)c1ncc(-c2ccccc2)[nH]1. The van der Waals surface area contributed by atoms with Crippen LogP contribution in [0.5, 0.6) is 0 Å². The molecule has 0 saturated carbocycles. The Balaban J connectivity index is 1.35. The third-order valence-electron chi connectivity index (χ3n) is 5.42. The molecule has 1 amide bonds. The van der Waals surface area contributed by atoms with Crippen LogP contribution >= 0.6 is 22.7 Å². The van der Waals surface area contributed by atoms with Crippen LogP contribution in [0.1, 0.15) is 25.2 Å². The van der Waals surface area contributed by atoms with E-state index in [-0.39, 0.29) is 24.1 Å². The van der Waals surface area contributed by atoms with Crippen molar-refractivity contribution in [2.24, 2.45) is 0 Å². The smallest absolute Gasteiger partial charge is 0.263 e. The molecule has 0 spiro atoms. The van der Waals surface area contributed by atoms with Gasteiger partial charge in [0, 0.05) is 15.8 Å². The lowest BCUT2D eigenvalue weighted by Gasteiger charge is -2.15. The average Bonchev–Trinajstić information content (AvgIpc) is 3.60. The Kier molecular flexibility index (Phi) is 5.89. The van der Waals surface area contributed by atoms with Gasteiger partial charge in [-0.3, -0.25) is 14.2 Å². The number of nitrogens with zero attached hydrogens (tertiary/aromatic N) is 3. The van der Waals surface area contributed by atoms with E-state index in [1.54, 1.807) is 17.5 Å². The van der Waals surface area contributed by atoms with Gasteiger partial charge in [-0.25, -0.2) is 9.97 Å². The van der Waals surface area contributed by atoms with Crippen LogP contribution in [0.25, 0.3) is 31.9 Å². The molecule has 0 saturated heterocycles. The van der Waals surface area contributed by atoms with Crippen LogP contribution in [0.2, 0.25) is 0 Å². The topological polar surface area (TPSA) is 92.7 Å². The van der Waals surface area contributed by atoms with Gasteiger partial charge in [0.2, 0.25) is 5.91 Å². The minimum atomic E-state index is -0.287. The number of hydrogen-bond donors (Lipinski definition) is 2. The van der Waals surface area contributed by atoms with E-state index in [1.165, 1.54) is 22.2 Å². The molecule has 4 aromatic heterocycles. The number of carbonyl (C=O) groups is 1. The minimum absolute atomic E-state index is 0.107. The van der Waals surface area contributed by atoms with E-state index in [9.17, 15) is 9.59 Å². The highest BCUT2D eigenvalue weighted by Gasteiger charge is 2.19. The number of rotatable bonds is 7. The van der Waals surface area contributed by atoms with Crippen LogP contribution in [-0.2, 0) is 11.3 Å². The van der Waals surface area contributed by atoms with Crippen molar-refractivity contribution in [2.45, 2.75) is 25.9 Å². The fraction of sp³-hybridized carbons (Fsp3) is 0.167. The second-order valence-electron chi connectivity index (χ2n) is 7.56. The molecule has 4 heterocycles. The molecule has 166 valence electrons. The van der Waals surface area contributed by atoms with E-state index in [4.69, 9.17) is 0 Å². The van der Waals surface area contributed by atoms with Crippen molar-refractivity contribution < 1.29 is 4.79 Å². The molecule has 1 unspecified atom stereocenters. The van der Waals surface area contributed by atoms with Crippen LogP contribution in [0.4, 0.5) is 0 Å². The van der Waals surface area contributed by atoms with E-state index in [0.29, 0.717) is 22.5 Å². The summed E-state index contributed by atoms with van der Waals surface area (Å²) >= 11 is 3.01. The van der Waals surface area contributed by atoms with Crippen LogP contribution in [0, 0.1) is 0 Å². The fourth-order valence-corrected chi connectivity index (χ4v) is 5.45. The maximum absolute atomic E-state index is 13.2. The Morgan fingerprint density at radius 1 is 1.15 bits per heavy atom. The number of nitrogens with one attached hydrogen (secondary N) is 2. The van der Waals surface area contributed by atoms with Crippen molar-refractivity contribution in [1.29, 1.82) is 0 Å². The molecule has 5 aromatic rings. The van der Waals surface area contributed by atoms with Crippen LogP contribution in [0.3, 0.4) is 0 Å². The summed E-state index contributed by atoms with van der Waals surface area (Å²) in [5.41, 5.74) is 2.58. The Hall–Kier alpha value is -3.56. The molecule has 0 aliphatic carbocycles. The summed E-state index contributed by atoms with van der Waals surface area (Å²) < 4.78 is 1.37. The summed E-state index contributed by atoms with van der Waals surface area (Å²) in [6.45, 7) is 1.87. The molecule has 5 rings (SSSR count). The Labute approximate surface area is 197 Å². The number of hydrogen-bond acceptors (Lipinski definition) is 6. The number of imidazole rings is 1. The number of thiophene rings is 2. The van der Waals surface area contributed by atoms with Gasteiger partial charge in [0.1, 0.15) is 17.2 Å². The molecule has 1 aromatic carbocycles. The van der Waals surface area contributed by atoms with E-state index < -0.39 is 0 Å². The third kappa shape index (κ3) is 4.24. The van der Waals surface area contributed by atoms with Crippen LogP contribution in [-0.4, -0.2) is 25.4 Å². The van der Waals surface area contributed by atoms with E-state index in [1.807, 2.05) is 60.1 Å². The summed E-state index contributed by atoms with van der Waals surface area (Å²) in [5.74, 6) is 0.416. The lowest BCUT2D eigenvalue weighted by molar-refractivity contribution is -0.122. The molecule has 0 radical (unpaired) electrons. The van der Waals surface area contributed by atoms with E-state index in [0.717, 1.165) is 21.7 Å². The van der Waals surface area contributed by atoms with E-state index in [2.05, 4.69) is 20.3 Å². The number of carbonyl (C=O) groups excluding carboxylic acids is 1. The largest absolute Gasteiger partial charge is 0.345 e. The second kappa shape index (κ2) is 9.13. The van der Waals surface area contributed by atoms with Gasteiger partial charge in [-0.15, -0.1) is 22.7 Å². The van der Waals surface area contributed by atoms with Gasteiger partial charge in [-0.2, -0.15) is 0 Å². The number of H-pyrrole nitrogens is 1. The van der Waals surface area contributed by atoms with Crippen molar-refractivity contribution in [1.82, 2.24) is 24.8 Å².